The molecule has 0 aliphatic heterocycles. The van der Waals surface area contributed by atoms with Crippen LogP contribution in [0.5, 0.6) is 0 Å². The topological polar surface area (TPSA) is 43.7 Å². The Balaban J connectivity index is 2.24. The zero-order valence-electron chi connectivity index (χ0n) is 9.93. The van der Waals surface area contributed by atoms with Gasteiger partial charge in [0.2, 0.25) is 0 Å². The highest BCUT2D eigenvalue weighted by atomic mass is 79.9. The van der Waals surface area contributed by atoms with Gasteiger partial charge < -0.3 is 15.1 Å². The summed E-state index contributed by atoms with van der Waals surface area (Å²) in [5.74, 6) is 0. The maximum atomic E-state index is 9.53. The van der Waals surface area contributed by atoms with E-state index in [0.29, 0.717) is 12.6 Å². The van der Waals surface area contributed by atoms with Crippen molar-refractivity contribution in [2.45, 2.75) is 31.9 Å². The molecule has 2 N–H and O–H groups in total. The minimum atomic E-state index is -0.451. The van der Waals surface area contributed by atoms with E-state index >= 15 is 0 Å². The summed E-state index contributed by atoms with van der Waals surface area (Å²) in [6, 6.07) is 6.47. The number of halogens is 1. The molecule has 1 unspecified atom stereocenters. The van der Waals surface area contributed by atoms with Crippen molar-refractivity contribution in [1.82, 2.24) is 0 Å². The number of aliphatic hydroxyl groups is 2. The number of hydrogen-bond acceptors (Lipinski definition) is 3. The molecular formula is C13H18BrNO2. The summed E-state index contributed by atoms with van der Waals surface area (Å²) in [6.07, 6.45) is 1.95. The Morgan fingerprint density at radius 3 is 2.65 bits per heavy atom. The smallest absolute Gasteiger partial charge is 0.0762 e. The van der Waals surface area contributed by atoms with Crippen LogP contribution in [0.15, 0.2) is 22.7 Å². The molecule has 4 heteroatoms. The molecule has 0 amide bonds. The first-order chi connectivity index (χ1) is 8.13. The molecule has 3 nitrogen and oxygen atoms in total. The molecule has 0 spiro atoms. The van der Waals surface area contributed by atoms with Gasteiger partial charge >= 0.3 is 0 Å². The molecular weight excluding hydrogens is 282 g/mol. The van der Waals surface area contributed by atoms with Gasteiger partial charge in [-0.25, -0.2) is 0 Å². The number of anilines is 1. The fraction of sp³-hybridized carbons (Fsp3) is 0.538. The molecule has 0 saturated heterocycles. The van der Waals surface area contributed by atoms with Gasteiger partial charge in [0.1, 0.15) is 0 Å². The predicted octanol–water partition coefficient (Wildman–Crippen LogP) is 2.46. The molecule has 2 rings (SSSR count). The molecule has 0 aromatic heterocycles. The summed E-state index contributed by atoms with van der Waals surface area (Å²) >= 11 is 3.55. The zero-order valence-corrected chi connectivity index (χ0v) is 11.5. The van der Waals surface area contributed by atoms with Crippen LogP contribution in [0.25, 0.3) is 0 Å². The van der Waals surface area contributed by atoms with E-state index in [1.807, 2.05) is 18.2 Å². The van der Waals surface area contributed by atoms with E-state index in [0.717, 1.165) is 15.7 Å². The molecule has 0 bridgehead atoms. The summed E-state index contributed by atoms with van der Waals surface area (Å²) < 4.78 is 0.983. The molecule has 0 heterocycles. The summed E-state index contributed by atoms with van der Waals surface area (Å²) in [5, 5.41) is 18.6. The van der Waals surface area contributed by atoms with E-state index in [-0.39, 0.29) is 6.61 Å². The van der Waals surface area contributed by atoms with E-state index in [1.54, 1.807) is 6.92 Å². The first-order valence-corrected chi connectivity index (χ1v) is 6.77. The van der Waals surface area contributed by atoms with E-state index in [2.05, 4.69) is 20.8 Å². The van der Waals surface area contributed by atoms with Gasteiger partial charge in [0.15, 0.2) is 0 Å². The van der Waals surface area contributed by atoms with Gasteiger partial charge in [-0.3, -0.25) is 0 Å². The standard InChI is InChI=1S/C13H18BrNO2/c1-9(17)10-2-5-13(12(14)8-10)15(6-7-16)11-3-4-11/h2,5,8-9,11,16-17H,3-4,6-7H2,1H3. The zero-order chi connectivity index (χ0) is 12.4. The van der Waals surface area contributed by atoms with Gasteiger partial charge in [-0.15, -0.1) is 0 Å². The van der Waals surface area contributed by atoms with Crippen molar-refractivity contribution in [3.05, 3.63) is 28.2 Å². The second-order valence-electron chi connectivity index (χ2n) is 4.53. The van der Waals surface area contributed by atoms with Crippen LogP contribution in [-0.2, 0) is 0 Å². The van der Waals surface area contributed by atoms with Crippen LogP contribution in [0.2, 0.25) is 0 Å². The number of benzene rings is 1. The van der Waals surface area contributed by atoms with Gasteiger partial charge in [0.25, 0.3) is 0 Å². The quantitative estimate of drug-likeness (QED) is 0.878. The molecule has 0 radical (unpaired) electrons. The van der Waals surface area contributed by atoms with Crippen molar-refractivity contribution < 1.29 is 10.2 Å². The third-order valence-corrected chi connectivity index (χ3v) is 3.73. The Hall–Kier alpha value is -0.580. The molecule has 1 saturated carbocycles. The monoisotopic (exact) mass is 299 g/mol. The van der Waals surface area contributed by atoms with Crippen LogP contribution in [0.3, 0.4) is 0 Å². The Morgan fingerprint density at radius 2 is 2.18 bits per heavy atom. The normalized spacial score (nSPS) is 16.9. The first kappa shape index (κ1) is 12.9. The van der Waals surface area contributed by atoms with E-state index < -0.39 is 6.10 Å². The van der Waals surface area contributed by atoms with E-state index in [9.17, 15) is 5.11 Å². The van der Waals surface area contributed by atoms with Gasteiger partial charge in [-0.2, -0.15) is 0 Å². The second-order valence-corrected chi connectivity index (χ2v) is 5.39. The van der Waals surface area contributed by atoms with Crippen LogP contribution in [0.1, 0.15) is 31.4 Å². The molecule has 17 heavy (non-hydrogen) atoms. The maximum Gasteiger partial charge on any atom is 0.0762 e. The van der Waals surface area contributed by atoms with Crippen molar-refractivity contribution in [3.63, 3.8) is 0 Å². The third-order valence-electron chi connectivity index (χ3n) is 3.09. The summed E-state index contributed by atoms with van der Waals surface area (Å²) in [6.45, 7) is 2.59. The van der Waals surface area contributed by atoms with Crippen LogP contribution in [0.4, 0.5) is 5.69 Å². The fourth-order valence-corrected chi connectivity index (χ4v) is 2.63. The van der Waals surface area contributed by atoms with Crippen LogP contribution >= 0.6 is 15.9 Å². The second kappa shape index (κ2) is 5.38. The van der Waals surface area contributed by atoms with Gasteiger partial charge in [-0.05, 0) is 53.4 Å². The minimum Gasteiger partial charge on any atom is -0.395 e. The van der Waals surface area contributed by atoms with Crippen molar-refractivity contribution in [2.24, 2.45) is 0 Å². The highest BCUT2D eigenvalue weighted by Crippen LogP contribution is 2.36. The molecule has 1 aromatic rings. The van der Waals surface area contributed by atoms with Crippen LogP contribution < -0.4 is 4.90 Å². The summed E-state index contributed by atoms with van der Waals surface area (Å²) in [7, 11) is 0. The summed E-state index contributed by atoms with van der Waals surface area (Å²) in [4.78, 5) is 2.23. The average Bonchev–Trinajstić information content (AvgIpc) is 3.10. The lowest BCUT2D eigenvalue weighted by atomic mass is 10.1. The molecule has 1 aromatic carbocycles. The first-order valence-electron chi connectivity index (χ1n) is 5.98. The SMILES string of the molecule is CC(O)c1ccc(N(CCO)C2CC2)c(Br)c1. The van der Waals surface area contributed by atoms with Crippen LogP contribution in [-0.4, -0.2) is 29.4 Å². The van der Waals surface area contributed by atoms with Gasteiger partial charge in [0.05, 0.1) is 18.4 Å². The van der Waals surface area contributed by atoms with Crippen LogP contribution in [0, 0.1) is 0 Å². The molecule has 1 fully saturated rings. The molecule has 1 atom stereocenters. The van der Waals surface area contributed by atoms with Crippen molar-refractivity contribution in [2.75, 3.05) is 18.1 Å². The number of hydrogen-bond donors (Lipinski definition) is 2. The fourth-order valence-electron chi connectivity index (χ4n) is 2.01. The Labute approximate surface area is 110 Å². The van der Waals surface area contributed by atoms with Gasteiger partial charge in [-0.1, -0.05) is 6.07 Å². The van der Waals surface area contributed by atoms with Crippen molar-refractivity contribution in [1.29, 1.82) is 0 Å². The lowest BCUT2D eigenvalue weighted by molar-refractivity contribution is 0.199. The lowest BCUT2D eigenvalue weighted by Crippen LogP contribution is -2.29. The van der Waals surface area contributed by atoms with Gasteiger partial charge in [0, 0.05) is 17.1 Å². The molecule has 94 valence electrons. The van der Waals surface area contributed by atoms with E-state index in [4.69, 9.17) is 5.11 Å². The van der Waals surface area contributed by atoms with Crippen molar-refractivity contribution >= 4 is 21.6 Å². The maximum absolute atomic E-state index is 9.53. The highest BCUT2D eigenvalue weighted by molar-refractivity contribution is 9.10. The Morgan fingerprint density at radius 1 is 1.47 bits per heavy atom. The lowest BCUT2D eigenvalue weighted by Gasteiger charge is -2.25. The average molecular weight is 300 g/mol. The predicted molar refractivity (Wildman–Crippen MR) is 72.2 cm³/mol. The van der Waals surface area contributed by atoms with E-state index in [1.165, 1.54) is 12.8 Å². The Bertz CT molecular complexity index is 391. The van der Waals surface area contributed by atoms with Crippen molar-refractivity contribution in [3.8, 4) is 0 Å². The molecule has 1 aliphatic carbocycles. The minimum absolute atomic E-state index is 0.168. The Kier molecular flexibility index (Phi) is 4.07. The summed E-state index contributed by atoms with van der Waals surface area (Å²) in [5.41, 5.74) is 2.01. The number of aliphatic hydroxyl groups excluding tert-OH is 2. The number of nitrogens with zero attached hydrogens (tertiary/aromatic N) is 1. The highest BCUT2D eigenvalue weighted by Gasteiger charge is 2.29. The largest absolute Gasteiger partial charge is 0.395 e. The third kappa shape index (κ3) is 3.00. The molecule has 1 aliphatic rings. The number of rotatable bonds is 5.